The van der Waals surface area contributed by atoms with Crippen molar-refractivity contribution < 1.29 is 9.53 Å². The maximum Gasteiger partial charge on any atom is 0.319 e. The minimum atomic E-state index is -0.275. The highest BCUT2D eigenvalue weighted by molar-refractivity contribution is 8.00. The van der Waals surface area contributed by atoms with Gasteiger partial charge in [-0.1, -0.05) is 44.0 Å². The van der Waals surface area contributed by atoms with Crippen molar-refractivity contribution in [1.82, 2.24) is 14.8 Å². The quantitative estimate of drug-likeness (QED) is 0.473. The zero-order valence-corrected chi connectivity index (χ0v) is 17.2. The number of nitrogens with zero attached hydrogens (tertiary/aromatic N) is 3. The third-order valence-corrected chi connectivity index (χ3v) is 6.56. The van der Waals surface area contributed by atoms with E-state index in [9.17, 15) is 4.79 Å². The summed E-state index contributed by atoms with van der Waals surface area (Å²) >= 11 is 3.22. The number of aromatic nitrogens is 3. The number of carbonyl (C=O) groups is 1. The number of carbonyl (C=O) groups excluding carboxylic acids is 1. The van der Waals surface area contributed by atoms with Gasteiger partial charge in [0, 0.05) is 17.3 Å². The SMILES string of the molecule is CCCOC(=O)C(C)Sc1nnc(Cc2cccs2)n1C1CCCCC1. The average molecular weight is 394 g/mol. The number of thiophene rings is 1. The Kier molecular flexibility index (Phi) is 7.14. The molecule has 26 heavy (non-hydrogen) atoms. The van der Waals surface area contributed by atoms with E-state index in [0.717, 1.165) is 36.7 Å². The van der Waals surface area contributed by atoms with E-state index >= 15 is 0 Å². The number of hydrogen-bond acceptors (Lipinski definition) is 6. The topological polar surface area (TPSA) is 57.0 Å². The summed E-state index contributed by atoms with van der Waals surface area (Å²) in [6.45, 7) is 4.37. The van der Waals surface area contributed by atoms with Gasteiger partial charge in [0.05, 0.1) is 6.61 Å². The van der Waals surface area contributed by atoms with Crippen molar-refractivity contribution in [3.05, 3.63) is 28.2 Å². The second-order valence-corrected chi connectivity index (χ2v) is 9.08. The summed E-state index contributed by atoms with van der Waals surface area (Å²) in [4.78, 5) is 13.5. The first-order valence-corrected chi connectivity index (χ1v) is 11.2. The Balaban J connectivity index is 1.79. The van der Waals surface area contributed by atoms with E-state index < -0.39 is 0 Å². The van der Waals surface area contributed by atoms with Crippen LogP contribution in [0.15, 0.2) is 22.7 Å². The molecule has 1 saturated carbocycles. The van der Waals surface area contributed by atoms with Crippen LogP contribution in [0.25, 0.3) is 0 Å². The molecule has 0 radical (unpaired) electrons. The van der Waals surface area contributed by atoms with Crippen LogP contribution in [0, 0.1) is 0 Å². The molecule has 1 atom stereocenters. The fraction of sp³-hybridized carbons (Fsp3) is 0.632. The zero-order valence-electron chi connectivity index (χ0n) is 15.5. The molecule has 7 heteroatoms. The van der Waals surface area contributed by atoms with E-state index in [1.54, 1.807) is 11.3 Å². The molecule has 1 fully saturated rings. The van der Waals surface area contributed by atoms with Crippen molar-refractivity contribution in [1.29, 1.82) is 0 Å². The van der Waals surface area contributed by atoms with Crippen molar-refractivity contribution in [3.8, 4) is 0 Å². The van der Waals surface area contributed by atoms with Crippen LogP contribution >= 0.6 is 23.1 Å². The van der Waals surface area contributed by atoms with Gasteiger partial charge in [-0.25, -0.2) is 0 Å². The van der Waals surface area contributed by atoms with Crippen molar-refractivity contribution in [2.75, 3.05) is 6.61 Å². The van der Waals surface area contributed by atoms with Gasteiger partial charge < -0.3 is 9.30 Å². The highest BCUT2D eigenvalue weighted by Gasteiger charge is 2.26. The van der Waals surface area contributed by atoms with Gasteiger partial charge >= 0.3 is 5.97 Å². The summed E-state index contributed by atoms with van der Waals surface area (Å²) in [5, 5.41) is 11.6. The van der Waals surface area contributed by atoms with E-state index in [1.807, 2.05) is 13.8 Å². The minimum Gasteiger partial charge on any atom is -0.465 e. The number of rotatable bonds is 8. The van der Waals surface area contributed by atoms with Crippen LogP contribution in [0.4, 0.5) is 0 Å². The van der Waals surface area contributed by atoms with E-state index in [0.29, 0.717) is 12.6 Å². The summed E-state index contributed by atoms with van der Waals surface area (Å²) in [6.07, 6.45) is 7.78. The molecule has 0 spiro atoms. The summed E-state index contributed by atoms with van der Waals surface area (Å²) in [7, 11) is 0. The monoisotopic (exact) mass is 393 g/mol. The maximum atomic E-state index is 12.2. The van der Waals surface area contributed by atoms with Crippen LogP contribution in [0.2, 0.25) is 0 Å². The van der Waals surface area contributed by atoms with Gasteiger partial charge in [-0.15, -0.1) is 21.5 Å². The molecule has 1 unspecified atom stereocenters. The highest BCUT2D eigenvalue weighted by Crippen LogP contribution is 2.34. The molecule has 0 saturated heterocycles. The Labute approximate surface area is 163 Å². The van der Waals surface area contributed by atoms with Crippen molar-refractivity contribution >= 4 is 29.1 Å². The van der Waals surface area contributed by atoms with Gasteiger partial charge in [0.15, 0.2) is 5.16 Å². The summed E-state index contributed by atoms with van der Waals surface area (Å²) in [6, 6.07) is 4.65. The van der Waals surface area contributed by atoms with Gasteiger partial charge in [-0.2, -0.15) is 0 Å². The zero-order chi connectivity index (χ0) is 18.4. The maximum absolute atomic E-state index is 12.2. The second kappa shape index (κ2) is 9.55. The third-order valence-electron chi connectivity index (χ3n) is 4.65. The molecular weight excluding hydrogens is 366 g/mol. The van der Waals surface area contributed by atoms with Gasteiger partial charge in [-0.05, 0) is 37.6 Å². The number of hydrogen-bond donors (Lipinski definition) is 0. The van der Waals surface area contributed by atoms with Crippen LogP contribution in [0.3, 0.4) is 0 Å². The van der Waals surface area contributed by atoms with Crippen LogP contribution in [0.1, 0.15) is 69.1 Å². The predicted octanol–water partition coefficient (Wildman–Crippen LogP) is 4.87. The van der Waals surface area contributed by atoms with E-state index in [4.69, 9.17) is 4.74 Å². The summed E-state index contributed by atoms with van der Waals surface area (Å²) in [5.41, 5.74) is 0. The predicted molar refractivity (Wildman–Crippen MR) is 106 cm³/mol. The number of esters is 1. The summed E-state index contributed by atoms with van der Waals surface area (Å²) < 4.78 is 7.59. The number of ether oxygens (including phenoxy) is 1. The number of thioether (sulfide) groups is 1. The molecule has 0 aromatic carbocycles. The Morgan fingerprint density at radius 2 is 2.19 bits per heavy atom. The van der Waals surface area contributed by atoms with Crippen LogP contribution in [-0.2, 0) is 16.0 Å². The Morgan fingerprint density at radius 3 is 2.88 bits per heavy atom. The van der Waals surface area contributed by atoms with Crippen LogP contribution in [0.5, 0.6) is 0 Å². The lowest BCUT2D eigenvalue weighted by molar-refractivity contribution is -0.142. The third kappa shape index (κ3) is 4.88. The van der Waals surface area contributed by atoms with Crippen molar-refractivity contribution in [3.63, 3.8) is 0 Å². The Hall–Kier alpha value is -1.34. The van der Waals surface area contributed by atoms with Gasteiger partial charge in [0.1, 0.15) is 11.1 Å². The molecule has 5 nitrogen and oxygen atoms in total. The Bertz CT molecular complexity index is 694. The first-order valence-electron chi connectivity index (χ1n) is 9.48. The molecule has 1 aliphatic carbocycles. The molecule has 2 heterocycles. The minimum absolute atomic E-state index is 0.171. The molecule has 142 valence electrons. The molecule has 1 aliphatic rings. The lowest BCUT2D eigenvalue weighted by Gasteiger charge is -2.26. The van der Waals surface area contributed by atoms with Gasteiger partial charge in [0.25, 0.3) is 0 Å². The van der Waals surface area contributed by atoms with Gasteiger partial charge in [-0.3, -0.25) is 4.79 Å². The highest BCUT2D eigenvalue weighted by atomic mass is 32.2. The standard InChI is InChI=1S/C19H27N3O2S2/c1-3-11-24-18(23)14(2)26-19-21-20-17(13-16-10-7-12-25-16)22(19)15-8-5-4-6-9-15/h7,10,12,14-15H,3-6,8-9,11,13H2,1-2H3. The first kappa shape index (κ1) is 19.4. The van der Waals surface area contributed by atoms with E-state index in [-0.39, 0.29) is 11.2 Å². The lowest BCUT2D eigenvalue weighted by Crippen LogP contribution is -2.20. The van der Waals surface area contributed by atoms with Gasteiger partial charge in [0.2, 0.25) is 0 Å². The molecule has 0 bridgehead atoms. The van der Waals surface area contributed by atoms with Crippen LogP contribution in [-0.4, -0.2) is 32.6 Å². The van der Waals surface area contributed by atoms with Crippen molar-refractivity contribution in [2.45, 2.75) is 75.2 Å². The van der Waals surface area contributed by atoms with E-state index in [2.05, 4.69) is 32.3 Å². The molecule has 3 rings (SSSR count). The molecule has 2 aromatic rings. The molecule has 0 aliphatic heterocycles. The molecule has 0 amide bonds. The lowest BCUT2D eigenvalue weighted by atomic mass is 9.95. The van der Waals surface area contributed by atoms with E-state index in [1.165, 1.54) is 35.9 Å². The second-order valence-electron chi connectivity index (χ2n) is 6.74. The summed E-state index contributed by atoms with van der Waals surface area (Å²) in [5.74, 6) is 0.839. The Morgan fingerprint density at radius 1 is 1.38 bits per heavy atom. The molecular formula is C19H27N3O2S2. The first-order chi connectivity index (χ1) is 12.7. The molecule has 2 aromatic heterocycles. The largest absolute Gasteiger partial charge is 0.465 e. The fourth-order valence-corrected chi connectivity index (χ4v) is 4.95. The van der Waals surface area contributed by atoms with Crippen molar-refractivity contribution in [2.24, 2.45) is 0 Å². The molecule has 0 N–H and O–H groups in total. The van der Waals surface area contributed by atoms with Crippen LogP contribution < -0.4 is 0 Å². The average Bonchev–Trinajstić information content (AvgIpc) is 3.31. The fourth-order valence-electron chi connectivity index (χ4n) is 3.31. The smallest absolute Gasteiger partial charge is 0.319 e. The normalized spacial score (nSPS) is 16.5.